The van der Waals surface area contributed by atoms with Crippen LogP contribution in [-0.4, -0.2) is 18.3 Å². The molecule has 0 radical (unpaired) electrons. The maximum Gasteiger partial charge on any atom is 0.200 e. The summed E-state index contributed by atoms with van der Waals surface area (Å²) in [6, 6.07) is 3.24. The molecule has 0 heterocycles. The Morgan fingerprint density at radius 1 is 1.11 bits per heavy atom. The summed E-state index contributed by atoms with van der Waals surface area (Å²) in [5.74, 6) is -4.36. The Balaban J connectivity index is 0.00000159. The molecule has 0 fully saturated rings. The monoisotopic (exact) mass is 522 g/mol. The number of allylic oxidation sites excluding steroid dienone is 5. The predicted octanol–water partition coefficient (Wildman–Crippen LogP) is 9.33. The van der Waals surface area contributed by atoms with Crippen molar-refractivity contribution in [2.24, 2.45) is 11.8 Å². The van der Waals surface area contributed by atoms with Crippen LogP contribution in [0.5, 0.6) is 0 Å². The Morgan fingerprint density at radius 3 is 2.30 bits per heavy atom. The molecule has 3 unspecified atom stereocenters. The van der Waals surface area contributed by atoms with Gasteiger partial charge in [0.25, 0.3) is 0 Å². The highest BCUT2D eigenvalue weighted by Crippen LogP contribution is 2.32. The Morgan fingerprint density at radius 2 is 1.76 bits per heavy atom. The lowest BCUT2D eigenvalue weighted by atomic mass is 9.88. The lowest BCUT2D eigenvalue weighted by Gasteiger charge is -2.19. The van der Waals surface area contributed by atoms with Crippen LogP contribution in [0.4, 0.5) is 17.6 Å². The van der Waals surface area contributed by atoms with Crippen molar-refractivity contribution in [3.63, 3.8) is 0 Å². The van der Waals surface area contributed by atoms with Crippen LogP contribution >= 0.6 is 0 Å². The molecule has 206 valence electrons. The largest absolute Gasteiger partial charge is 0.494 e. The van der Waals surface area contributed by atoms with Gasteiger partial charge in [-0.3, -0.25) is 0 Å². The quantitative estimate of drug-likeness (QED) is 0.128. The van der Waals surface area contributed by atoms with Crippen molar-refractivity contribution in [2.75, 3.05) is 7.11 Å². The number of ether oxygens (including phenoxy) is 1. The molecule has 1 aromatic carbocycles. The third-order valence-corrected chi connectivity index (χ3v) is 6.74. The number of aliphatic hydroxyl groups is 1. The topological polar surface area (TPSA) is 29.5 Å². The average Bonchev–Trinajstić information content (AvgIpc) is 2.91. The van der Waals surface area contributed by atoms with Gasteiger partial charge in [0.1, 0.15) is 5.76 Å². The minimum absolute atomic E-state index is 0.0474. The smallest absolute Gasteiger partial charge is 0.200 e. The fourth-order valence-electron chi connectivity index (χ4n) is 3.92. The van der Waals surface area contributed by atoms with Gasteiger partial charge in [-0.15, -0.1) is 6.58 Å². The van der Waals surface area contributed by atoms with Gasteiger partial charge in [-0.1, -0.05) is 64.6 Å². The van der Waals surface area contributed by atoms with Gasteiger partial charge < -0.3 is 9.84 Å². The van der Waals surface area contributed by atoms with Crippen molar-refractivity contribution in [3.8, 4) is 0 Å². The van der Waals surface area contributed by atoms with Gasteiger partial charge >= 0.3 is 0 Å². The number of aliphatic hydroxyl groups excluding tert-OH is 1. The van der Waals surface area contributed by atoms with Crippen LogP contribution < -0.4 is 0 Å². The molecule has 3 atom stereocenters. The average molecular weight is 523 g/mol. The zero-order valence-corrected chi connectivity index (χ0v) is 22.7. The van der Waals surface area contributed by atoms with E-state index in [9.17, 15) is 22.7 Å². The van der Waals surface area contributed by atoms with E-state index in [0.29, 0.717) is 50.5 Å². The third-order valence-electron chi connectivity index (χ3n) is 6.74. The molecular weight excluding hydrogens is 480 g/mol. The number of halogens is 4. The summed E-state index contributed by atoms with van der Waals surface area (Å²) in [5.41, 5.74) is 1.37. The van der Waals surface area contributed by atoms with Crippen LogP contribution in [0.25, 0.3) is 5.57 Å². The summed E-state index contributed by atoms with van der Waals surface area (Å²) in [6.45, 7) is 16.3. The highest BCUT2D eigenvalue weighted by molar-refractivity contribution is 5.67. The van der Waals surface area contributed by atoms with Crippen molar-refractivity contribution in [3.05, 3.63) is 89.8 Å². The number of hydrogen-bond acceptors (Lipinski definition) is 2. The second-order valence-corrected chi connectivity index (χ2v) is 9.66. The molecular formula is C31H42F4O2. The maximum atomic E-state index is 14.7. The summed E-state index contributed by atoms with van der Waals surface area (Å²) >= 11 is 0. The molecule has 1 aliphatic carbocycles. The van der Waals surface area contributed by atoms with E-state index in [-0.39, 0.29) is 28.7 Å². The zero-order chi connectivity index (χ0) is 28.1. The third kappa shape index (κ3) is 9.99. The molecule has 0 amide bonds. The van der Waals surface area contributed by atoms with Gasteiger partial charge in [-0.25, -0.2) is 13.2 Å². The Bertz CT molecular complexity index is 993. The summed E-state index contributed by atoms with van der Waals surface area (Å²) in [5, 5.41) is 9.59. The standard InChI is InChI=1S/C27H34F4O2.C4H8/c1-16(6-8-17(2)18(3)24(28)25(29)19(4)33-5)7-9-21-12-15-23(27(31)26(21)30)20-10-13-22(32)14-11-20;1-3-4-2/h10,12,15-17,22,32H,3-4,6-9,11,13-14H2,1-2,5H3;3H,1,4H2,2H3/b25-24-;. The van der Waals surface area contributed by atoms with Gasteiger partial charge in [0.05, 0.1) is 13.2 Å². The fraction of sp³-hybridized carbons (Fsp3) is 0.484. The van der Waals surface area contributed by atoms with Gasteiger partial charge in [-0.05, 0) is 73.5 Å². The molecule has 0 aromatic heterocycles. The van der Waals surface area contributed by atoms with Crippen LogP contribution in [0.3, 0.4) is 0 Å². The molecule has 6 heteroatoms. The van der Waals surface area contributed by atoms with Crippen LogP contribution in [0.15, 0.2) is 67.0 Å². The van der Waals surface area contributed by atoms with Crippen molar-refractivity contribution < 1.29 is 27.4 Å². The van der Waals surface area contributed by atoms with Crippen molar-refractivity contribution in [1.29, 1.82) is 0 Å². The number of methoxy groups -OCH3 is 1. The first-order valence-corrected chi connectivity index (χ1v) is 12.9. The summed E-state index contributed by atoms with van der Waals surface area (Å²) in [4.78, 5) is 0. The molecule has 2 nitrogen and oxygen atoms in total. The minimum Gasteiger partial charge on any atom is -0.494 e. The Kier molecular flexibility index (Phi) is 14.3. The van der Waals surface area contributed by atoms with E-state index < -0.39 is 29.4 Å². The van der Waals surface area contributed by atoms with Crippen LogP contribution in [0.2, 0.25) is 0 Å². The summed E-state index contributed by atoms with van der Waals surface area (Å²) < 4.78 is 62.0. The van der Waals surface area contributed by atoms with E-state index in [4.69, 9.17) is 0 Å². The van der Waals surface area contributed by atoms with Crippen LogP contribution in [0, 0.1) is 23.5 Å². The number of aryl methyl sites for hydroxylation is 1. The first-order valence-electron chi connectivity index (χ1n) is 12.9. The maximum absolute atomic E-state index is 14.7. The van der Waals surface area contributed by atoms with E-state index in [1.807, 2.05) is 13.0 Å². The van der Waals surface area contributed by atoms with Gasteiger partial charge in [0.15, 0.2) is 23.3 Å². The predicted molar refractivity (Wildman–Crippen MR) is 145 cm³/mol. The van der Waals surface area contributed by atoms with E-state index >= 15 is 0 Å². The fourth-order valence-corrected chi connectivity index (χ4v) is 3.92. The molecule has 1 aromatic rings. The Labute approximate surface area is 220 Å². The van der Waals surface area contributed by atoms with Gasteiger partial charge in [-0.2, -0.15) is 4.39 Å². The molecule has 37 heavy (non-hydrogen) atoms. The van der Waals surface area contributed by atoms with Crippen molar-refractivity contribution >= 4 is 5.57 Å². The molecule has 0 spiro atoms. The Hall–Kier alpha value is -2.60. The first kappa shape index (κ1) is 32.4. The molecule has 0 saturated carbocycles. The molecule has 1 N–H and O–H groups in total. The number of hydrogen-bond donors (Lipinski definition) is 1. The normalized spacial score (nSPS) is 17.4. The number of benzene rings is 1. The first-order chi connectivity index (χ1) is 17.5. The van der Waals surface area contributed by atoms with Crippen molar-refractivity contribution in [2.45, 2.75) is 78.2 Å². The zero-order valence-electron chi connectivity index (χ0n) is 22.7. The lowest BCUT2D eigenvalue weighted by molar-refractivity contribution is 0.166. The highest BCUT2D eigenvalue weighted by atomic mass is 19.2. The number of rotatable bonds is 12. The van der Waals surface area contributed by atoms with Gasteiger partial charge in [0.2, 0.25) is 0 Å². The lowest BCUT2D eigenvalue weighted by Crippen LogP contribution is -2.11. The highest BCUT2D eigenvalue weighted by Gasteiger charge is 2.21. The second-order valence-electron chi connectivity index (χ2n) is 9.66. The van der Waals surface area contributed by atoms with E-state index in [0.717, 1.165) is 12.0 Å². The van der Waals surface area contributed by atoms with Crippen LogP contribution in [-0.2, 0) is 11.2 Å². The van der Waals surface area contributed by atoms with E-state index in [2.05, 4.69) is 31.4 Å². The SMILES string of the molecule is C=C(OC)/C(F)=C(/F)C(=C)C(C)CCC(C)CCc1ccc(C2=CCC(O)CC2)c(F)c1F.C=CCC. The van der Waals surface area contributed by atoms with Gasteiger partial charge in [0, 0.05) is 5.56 Å². The van der Waals surface area contributed by atoms with Crippen LogP contribution in [0.1, 0.15) is 76.8 Å². The summed E-state index contributed by atoms with van der Waals surface area (Å²) in [7, 11) is 1.21. The molecule has 0 saturated heterocycles. The van der Waals surface area contributed by atoms with E-state index in [1.165, 1.54) is 7.11 Å². The second kappa shape index (κ2) is 16.3. The minimum atomic E-state index is -1.15. The molecule has 2 rings (SSSR count). The molecule has 0 aliphatic heterocycles. The van der Waals surface area contributed by atoms with Crippen molar-refractivity contribution in [1.82, 2.24) is 0 Å². The molecule has 0 bridgehead atoms. The van der Waals surface area contributed by atoms with E-state index in [1.54, 1.807) is 25.1 Å². The summed E-state index contributed by atoms with van der Waals surface area (Å²) in [6.07, 6.45) is 8.14. The molecule has 1 aliphatic rings.